The van der Waals surface area contributed by atoms with Gasteiger partial charge in [-0.1, -0.05) is 27.7 Å². The lowest BCUT2D eigenvalue weighted by Crippen LogP contribution is -2.06. The highest BCUT2D eigenvalue weighted by molar-refractivity contribution is 8.07. The second-order valence-electron chi connectivity index (χ2n) is 7.68. The topological polar surface area (TPSA) is 129 Å². The van der Waals surface area contributed by atoms with Gasteiger partial charge < -0.3 is 18.8 Å². The summed E-state index contributed by atoms with van der Waals surface area (Å²) in [6.07, 6.45) is 0. The van der Waals surface area contributed by atoms with Crippen LogP contribution in [0.15, 0.2) is 12.1 Å². The number of rotatable bonds is 10. The maximum Gasteiger partial charge on any atom is 0.381 e. The molecule has 0 bridgehead atoms. The lowest BCUT2D eigenvalue weighted by molar-refractivity contribution is 0.215. The second-order valence-corrected chi connectivity index (χ2v) is 13.2. The van der Waals surface area contributed by atoms with Crippen LogP contribution >= 0.6 is 13.4 Å². The maximum atomic E-state index is 8.99. The van der Waals surface area contributed by atoms with E-state index in [4.69, 9.17) is 39.7 Å². The molecule has 0 amide bonds. The van der Waals surface area contributed by atoms with Crippen molar-refractivity contribution in [3.63, 3.8) is 0 Å². The summed E-state index contributed by atoms with van der Waals surface area (Å²) in [6, 6.07) is 3.25. The van der Waals surface area contributed by atoms with E-state index in [1.165, 1.54) is 6.07 Å². The molecule has 0 atom stereocenters. The van der Waals surface area contributed by atoms with Gasteiger partial charge in [-0.05, 0) is 27.7 Å². The molecule has 0 aliphatic carbocycles. The van der Waals surface area contributed by atoms with Crippen LogP contribution in [0.2, 0.25) is 0 Å². The Balaban J connectivity index is 0.000000350. The van der Waals surface area contributed by atoms with Crippen molar-refractivity contribution in [2.45, 2.75) is 67.2 Å². The molecule has 192 valence electrons. The summed E-state index contributed by atoms with van der Waals surface area (Å²) in [5, 5.41) is 0. The molecule has 0 unspecified atom stereocenters. The summed E-state index contributed by atoms with van der Waals surface area (Å²) < 4.78 is 21.3. The SMILES string of the molecule is CCOP(=S)(OCC)Oc1cc(C)nc(C(C)C)n1.Cc1cc(OP(O)(O)=S)nc(C(C)C)n1. The van der Waals surface area contributed by atoms with Crippen molar-refractivity contribution in [2.75, 3.05) is 13.2 Å². The van der Waals surface area contributed by atoms with Crippen LogP contribution in [0.5, 0.6) is 11.8 Å². The van der Waals surface area contributed by atoms with Crippen molar-refractivity contribution >= 4 is 37.1 Å². The van der Waals surface area contributed by atoms with Gasteiger partial charge in [-0.2, -0.15) is 9.97 Å². The average Bonchev–Trinajstić information content (AvgIpc) is 2.66. The van der Waals surface area contributed by atoms with Gasteiger partial charge in [-0.25, -0.2) is 9.97 Å². The van der Waals surface area contributed by atoms with E-state index >= 15 is 0 Å². The highest BCUT2D eigenvalue weighted by Crippen LogP contribution is 2.49. The van der Waals surface area contributed by atoms with Crippen LogP contribution in [0, 0.1) is 13.8 Å². The third kappa shape index (κ3) is 11.6. The molecule has 0 spiro atoms. The summed E-state index contributed by atoms with van der Waals surface area (Å²) in [5.74, 6) is 2.21. The minimum absolute atomic E-state index is 0.111. The Morgan fingerprint density at radius 3 is 1.47 bits per heavy atom. The maximum absolute atomic E-state index is 8.99. The van der Waals surface area contributed by atoms with Crippen LogP contribution in [-0.2, 0) is 32.7 Å². The van der Waals surface area contributed by atoms with E-state index in [0.29, 0.717) is 30.6 Å². The number of aryl methyl sites for hydroxylation is 2. The summed E-state index contributed by atoms with van der Waals surface area (Å²) >= 11 is 9.68. The third-order valence-electron chi connectivity index (χ3n) is 3.72. The minimum atomic E-state index is -3.71. The van der Waals surface area contributed by atoms with Gasteiger partial charge in [0.25, 0.3) is 0 Å². The number of nitrogens with zero attached hydrogens (tertiary/aromatic N) is 4. The van der Waals surface area contributed by atoms with Gasteiger partial charge in [-0.15, -0.1) is 0 Å². The van der Waals surface area contributed by atoms with E-state index in [1.807, 2.05) is 48.5 Å². The smallest absolute Gasteiger partial charge is 0.381 e. The zero-order valence-electron chi connectivity index (χ0n) is 20.8. The fourth-order valence-electron chi connectivity index (χ4n) is 2.38. The van der Waals surface area contributed by atoms with Crippen molar-refractivity contribution in [1.29, 1.82) is 0 Å². The third-order valence-corrected chi connectivity index (χ3v) is 6.79. The molecule has 2 rings (SSSR count). The van der Waals surface area contributed by atoms with Crippen molar-refractivity contribution in [1.82, 2.24) is 19.9 Å². The van der Waals surface area contributed by atoms with Crippen molar-refractivity contribution in [3.05, 3.63) is 35.2 Å². The highest BCUT2D eigenvalue weighted by atomic mass is 32.5. The minimum Gasteiger partial charge on any atom is -0.406 e. The highest BCUT2D eigenvalue weighted by Gasteiger charge is 2.22. The van der Waals surface area contributed by atoms with Gasteiger partial charge in [0.2, 0.25) is 11.8 Å². The molecular weight excluding hydrogens is 518 g/mol. The Labute approximate surface area is 212 Å². The van der Waals surface area contributed by atoms with Crippen LogP contribution < -0.4 is 9.05 Å². The second kappa shape index (κ2) is 13.8. The first-order valence-electron chi connectivity index (χ1n) is 10.7. The lowest BCUT2D eigenvalue weighted by Gasteiger charge is -2.20. The van der Waals surface area contributed by atoms with Crippen molar-refractivity contribution < 1.29 is 27.9 Å². The zero-order chi connectivity index (χ0) is 26.1. The van der Waals surface area contributed by atoms with Crippen LogP contribution in [0.3, 0.4) is 0 Å². The quantitative estimate of drug-likeness (QED) is 0.381. The lowest BCUT2D eigenvalue weighted by atomic mass is 10.2. The van der Waals surface area contributed by atoms with E-state index in [-0.39, 0.29) is 17.7 Å². The molecule has 0 aliphatic heterocycles. The monoisotopic (exact) mass is 552 g/mol. The molecule has 0 radical (unpaired) electrons. The van der Waals surface area contributed by atoms with Crippen LogP contribution in [0.4, 0.5) is 0 Å². The van der Waals surface area contributed by atoms with Gasteiger partial charge in [0.1, 0.15) is 11.6 Å². The van der Waals surface area contributed by atoms with Gasteiger partial charge in [0, 0.05) is 59.0 Å². The zero-order valence-corrected chi connectivity index (χ0v) is 24.2. The Morgan fingerprint density at radius 2 is 1.15 bits per heavy atom. The molecule has 0 saturated heterocycles. The number of hydrogen-bond donors (Lipinski definition) is 2. The normalized spacial score (nSPS) is 11.9. The predicted octanol–water partition coefficient (Wildman–Crippen LogP) is 5.08. The molecule has 2 N–H and O–H groups in total. The Morgan fingerprint density at radius 1 is 0.765 bits per heavy atom. The van der Waals surface area contributed by atoms with E-state index in [9.17, 15) is 0 Å². The molecule has 2 aromatic heterocycles. The van der Waals surface area contributed by atoms with Crippen LogP contribution in [0.1, 0.15) is 76.4 Å². The van der Waals surface area contributed by atoms with Gasteiger partial charge in [0.05, 0.1) is 13.2 Å². The first-order chi connectivity index (χ1) is 15.7. The molecule has 0 fully saturated rings. The van der Waals surface area contributed by atoms with Gasteiger partial charge >= 0.3 is 13.4 Å². The Hall–Kier alpha value is -1.10. The first-order valence-corrected chi connectivity index (χ1v) is 15.9. The van der Waals surface area contributed by atoms with Gasteiger partial charge in [-0.3, -0.25) is 9.05 Å². The number of hydrogen-bond acceptors (Lipinski definition) is 10. The average molecular weight is 553 g/mol. The predicted molar refractivity (Wildman–Crippen MR) is 139 cm³/mol. The van der Waals surface area contributed by atoms with E-state index in [1.54, 1.807) is 13.0 Å². The van der Waals surface area contributed by atoms with Crippen molar-refractivity contribution in [2.24, 2.45) is 0 Å². The summed E-state index contributed by atoms with van der Waals surface area (Å²) in [4.78, 5) is 34.9. The van der Waals surface area contributed by atoms with Crippen LogP contribution in [-0.4, -0.2) is 42.9 Å². The first kappa shape index (κ1) is 30.9. The molecule has 0 aromatic carbocycles. The van der Waals surface area contributed by atoms with Crippen molar-refractivity contribution in [3.8, 4) is 11.8 Å². The molecule has 2 heterocycles. The van der Waals surface area contributed by atoms with E-state index in [2.05, 4.69) is 31.7 Å². The van der Waals surface area contributed by atoms with Crippen LogP contribution in [0.25, 0.3) is 0 Å². The number of aromatic nitrogens is 4. The molecular formula is C20H34N4O6P2S2. The van der Waals surface area contributed by atoms with Gasteiger partial charge in [0.15, 0.2) is 0 Å². The van der Waals surface area contributed by atoms with E-state index in [0.717, 1.165) is 11.5 Å². The summed E-state index contributed by atoms with van der Waals surface area (Å²) in [5.41, 5.74) is 1.54. The molecule has 2 aromatic rings. The molecule has 10 nitrogen and oxygen atoms in total. The van der Waals surface area contributed by atoms with E-state index < -0.39 is 13.4 Å². The Kier molecular flexibility index (Phi) is 12.6. The Bertz CT molecular complexity index is 1030. The largest absolute Gasteiger partial charge is 0.406 e. The summed E-state index contributed by atoms with van der Waals surface area (Å²) in [7, 11) is 0. The molecule has 14 heteroatoms. The summed E-state index contributed by atoms with van der Waals surface area (Å²) in [6.45, 7) is 9.71. The molecule has 0 saturated carbocycles. The fourth-order valence-corrected chi connectivity index (χ4v) is 4.94. The fraction of sp³-hybridized carbons (Fsp3) is 0.600. The standard InChI is InChI=1S/C12H21N2O3PS.C8H13N2O3PS/c1-6-15-18(19,16-7-2)17-11-8-10(5)13-12(14-11)9(3)4;1-5(2)8-9-6(3)4-7(10-8)13-14(11,12)15/h8-9H,6-7H2,1-5H3;4-5H,1-3H3,(H2,11,12,15). The molecule has 34 heavy (non-hydrogen) atoms. The molecule has 0 aliphatic rings.